The predicted octanol–water partition coefficient (Wildman–Crippen LogP) is -0.170. The number of nitrogens with zero attached hydrogens (tertiary/aromatic N) is 1. The number of rotatable bonds is 1. The van der Waals surface area contributed by atoms with E-state index >= 15 is 0 Å². The standard InChI is InChI=1S/C10H14N2O/c1-2-5-12-6-3-4-8-9(12)7-11-10(8)13/h1,8-9H,3-7H2,(H,11,13). The summed E-state index contributed by atoms with van der Waals surface area (Å²) in [7, 11) is 0. The number of carbonyl (C=O) groups is 1. The highest BCUT2D eigenvalue weighted by atomic mass is 16.2. The number of hydrogen-bond donors (Lipinski definition) is 1. The molecule has 1 amide bonds. The molecule has 1 N–H and O–H groups in total. The van der Waals surface area contributed by atoms with Crippen LogP contribution in [0.25, 0.3) is 0 Å². The second-order valence-electron chi connectivity index (χ2n) is 3.74. The summed E-state index contributed by atoms with van der Waals surface area (Å²) in [5.74, 6) is 3.06. The third-order valence-electron chi connectivity index (χ3n) is 3.01. The summed E-state index contributed by atoms with van der Waals surface area (Å²) in [5, 5.41) is 2.90. The van der Waals surface area contributed by atoms with Gasteiger partial charge in [-0.05, 0) is 19.4 Å². The second-order valence-corrected chi connectivity index (χ2v) is 3.74. The van der Waals surface area contributed by atoms with Crippen molar-refractivity contribution in [2.75, 3.05) is 19.6 Å². The normalized spacial score (nSPS) is 33.6. The molecular weight excluding hydrogens is 164 g/mol. The van der Waals surface area contributed by atoms with Crippen LogP contribution in [0.4, 0.5) is 0 Å². The molecule has 0 aromatic heterocycles. The van der Waals surface area contributed by atoms with E-state index < -0.39 is 0 Å². The molecule has 2 aliphatic heterocycles. The maximum absolute atomic E-state index is 11.4. The summed E-state index contributed by atoms with van der Waals surface area (Å²) in [4.78, 5) is 13.6. The zero-order valence-electron chi connectivity index (χ0n) is 7.62. The van der Waals surface area contributed by atoms with Gasteiger partial charge in [-0.2, -0.15) is 0 Å². The van der Waals surface area contributed by atoms with Crippen molar-refractivity contribution in [2.45, 2.75) is 18.9 Å². The summed E-state index contributed by atoms with van der Waals surface area (Å²) >= 11 is 0. The van der Waals surface area contributed by atoms with Gasteiger partial charge in [0.2, 0.25) is 5.91 Å². The van der Waals surface area contributed by atoms with Crippen LogP contribution in [-0.2, 0) is 4.79 Å². The number of amides is 1. The summed E-state index contributed by atoms with van der Waals surface area (Å²) in [6.45, 7) is 2.50. The number of fused-ring (bicyclic) bond motifs is 1. The highest BCUT2D eigenvalue weighted by molar-refractivity contribution is 5.82. The fourth-order valence-corrected chi connectivity index (χ4v) is 2.35. The van der Waals surface area contributed by atoms with Crippen molar-refractivity contribution in [1.82, 2.24) is 10.2 Å². The number of piperidine rings is 1. The highest BCUT2D eigenvalue weighted by Gasteiger charge is 2.40. The van der Waals surface area contributed by atoms with Crippen molar-refractivity contribution in [2.24, 2.45) is 5.92 Å². The zero-order chi connectivity index (χ0) is 9.26. The van der Waals surface area contributed by atoms with Crippen molar-refractivity contribution in [1.29, 1.82) is 0 Å². The van der Waals surface area contributed by atoms with E-state index in [2.05, 4.69) is 16.1 Å². The van der Waals surface area contributed by atoms with Crippen LogP contribution in [0.5, 0.6) is 0 Å². The predicted molar refractivity (Wildman–Crippen MR) is 49.9 cm³/mol. The van der Waals surface area contributed by atoms with Crippen molar-refractivity contribution in [3.8, 4) is 12.3 Å². The number of likely N-dealkylation sites (tertiary alicyclic amines) is 1. The van der Waals surface area contributed by atoms with Gasteiger partial charge < -0.3 is 5.32 Å². The smallest absolute Gasteiger partial charge is 0.224 e. The van der Waals surface area contributed by atoms with E-state index in [0.29, 0.717) is 12.6 Å². The SMILES string of the molecule is C#CCN1CCCC2C(=O)NCC21. The Morgan fingerprint density at radius 2 is 2.54 bits per heavy atom. The van der Waals surface area contributed by atoms with Crippen LogP contribution in [0.2, 0.25) is 0 Å². The molecule has 2 saturated heterocycles. The van der Waals surface area contributed by atoms with Gasteiger partial charge in [-0.1, -0.05) is 5.92 Å². The lowest BCUT2D eigenvalue weighted by Crippen LogP contribution is -2.45. The Hall–Kier alpha value is -1.01. The minimum Gasteiger partial charge on any atom is -0.354 e. The van der Waals surface area contributed by atoms with Crippen LogP contribution in [0.15, 0.2) is 0 Å². The zero-order valence-corrected chi connectivity index (χ0v) is 7.62. The van der Waals surface area contributed by atoms with Crippen LogP contribution >= 0.6 is 0 Å². The van der Waals surface area contributed by atoms with Gasteiger partial charge in [-0.3, -0.25) is 9.69 Å². The number of nitrogens with one attached hydrogen (secondary N) is 1. The molecule has 2 fully saturated rings. The molecule has 2 heterocycles. The molecule has 3 nitrogen and oxygen atoms in total. The average molecular weight is 178 g/mol. The molecule has 70 valence electrons. The molecule has 2 rings (SSSR count). The summed E-state index contributed by atoms with van der Waals surface area (Å²) in [6, 6.07) is 0.359. The van der Waals surface area contributed by atoms with Gasteiger partial charge in [-0.15, -0.1) is 6.42 Å². The van der Waals surface area contributed by atoms with Gasteiger partial charge in [0.15, 0.2) is 0 Å². The Morgan fingerprint density at radius 3 is 3.31 bits per heavy atom. The van der Waals surface area contributed by atoms with E-state index in [1.807, 2.05) is 0 Å². The van der Waals surface area contributed by atoms with E-state index in [4.69, 9.17) is 6.42 Å². The number of terminal acetylenes is 1. The molecule has 2 atom stereocenters. The quantitative estimate of drug-likeness (QED) is 0.565. The number of hydrogen-bond acceptors (Lipinski definition) is 2. The largest absolute Gasteiger partial charge is 0.354 e. The van der Waals surface area contributed by atoms with Crippen LogP contribution in [-0.4, -0.2) is 36.5 Å². The molecule has 0 spiro atoms. The highest BCUT2D eigenvalue weighted by Crippen LogP contribution is 2.26. The van der Waals surface area contributed by atoms with Crippen LogP contribution in [0.3, 0.4) is 0 Å². The molecule has 0 aromatic rings. The van der Waals surface area contributed by atoms with E-state index in [9.17, 15) is 4.79 Å². The van der Waals surface area contributed by atoms with Gasteiger partial charge in [0, 0.05) is 12.6 Å². The van der Waals surface area contributed by atoms with Crippen molar-refractivity contribution >= 4 is 5.91 Å². The molecule has 13 heavy (non-hydrogen) atoms. The lowest BCUT2D eigenvalue weighted by molar-refractivity contribution is -0.124. The Morgan fingerprint density at radius 1 is 1.69 bits per heavy atom. The summed E-state index contributed by atoms with van der Waals surface area (Å²) < 4.78 is 0. The van der Waals surface area contributed by atoms with Crippen LogP contribution in [0, 0.1) is 18.3 Å². The molecule has 0 saturated carbocycles. The maximum atomic E-state index is 11.4. The fourth-order valence-electron chi connectivity index (χ4n) is 2.35. The topological polar surface area (TPSA) is 32.3 Å². The molecule has 0 aliphatic carbocycles. The third kappa shape index (κ3) is 1.42. The Balaban J connectivity index is 2.08. The Kier molecular flexibility index (Phi) is 2.24. The van der Waals surface area contributed by atoms with Gasteiger partial charge in [-0.25, -0.2) is 0 Å². The van der Waals surface area contributed by atoms with Gasteiger partial charge in [0.1, 0.15) is 0 Å². The fraction of sp³-hybridized carbons (Fsp3) is 0.700. The van der Waals surface area contributed by atoms with Gasteiger partial charge >= 0.3 is 0 Å². The van der Waals surface area contributed by atoms with Gasteiger partial charge in [0.25, 0.3) is 0 Å². The molecular formula is C10H14N2O. The van der Waals surface area contributed by atoms with Crippen molar-refractivity contribution < 1.29 is 4.79 Å². The molecule has 0 aromatic carbocycles. The maximum Gasteiger partial charge on any atom is 0.224 e. The van der Waals surface area contributed by atoms with Crippen molar-refractivity contribution in [3.63, 3.8) is 0 Å². The van der Waals surface area contributed by atoms with E-state index in [0.717, 1.165) is 25.9 Å². The monoisotopic (exact) mass is 178 g/mol. The molecule has 2 unspecified atom stereocenters. The first-order chi connectivity index (χ1) is 6.33. The van der Waals surface area contributed by atoms with E-state index in [1.54, 1.807) is 0 Å². The number of carbonyl (C=O) groups excluding carboxylic acids is 1. The first-order valence-electron chi connectivity index (χ1n) is 4.78. The minimum absolute atomic E-state index is 0.196. The Labute approximate surface area is 78.5 Å². The van der Waals surface area contributed by atoms with E-state index in [-0.39, 0.29) is 11.8 Å². The van der Waals surface area contributed by atoms with Gasteiger partial charge in [0.05, 0.1) is 12.5 Å². The first kappa shape index (κ1) is 8.58. The Bertz CT molecular complexity index is 256. The first-order valence-corrected chi connectivity index (χ1v) is 4.78. The molecule has 3 heteroatoms. The molecule has 0 bridgehead atoms. The second kappa shape index (κ2) is 3.39. The molecule has 2 aliphatic rings. The minimum atomic E-state index is 0.196. The third-order valence-corrected chi connectivity index (χ3v) is 3.01. The van der Waals surface area contributed by atoms with Crippen LogP contribution in [0.1, 0.15) is 12.8 Å². The van der Waals surface area contributed by atoms with Crippen molar-refractivity contribution in [3.05, 3.63) is 0 Å². The van der Waals surface area contributed by atoms with E-state index in [1.165, 1.54) is 0 Å². The summed E-state index contributed by atoms with van der Waals surface area (Å²) in [6.07, 6.45) is 7.40. The average Bonchev–Trinajstić information content (AvgIpc) is 2.50. The molecule has 0 radical (unpaired) electrons. The summed E-state index contributed by atoms with van der Waals surface area (Å²) in [5.41, 5.74) is 0. The lowest BCUT2D eigenvalue weighted by atomic mass is 9.91. The lowest BCUT2D eigenvalue weighted by Gasteiger charge is -2.34. The van der Waals surface area contributed by atoms with Crippen LogP contribution < -0.4 is 5.32 Å².